The van der Waals surface area contributed by atoms with E-state index in [1.807, 2.05) is 0 Å². The molecule has 1 aromatic heterocycles. The van der Waals surface area contributed by atoms with Crippen LogP contribution in [-0.4, -0.2) is 80.2 Å². The van der Waals surface area contributed by atoms with Crippen LogP contribution in [-0.2, 0) is 0 Å². The predicted octanol–water partition coefficient (Wildman–Crippen LogP) is 3.46. The number of likely N-dealkylation sites (tertiary alicyclic amines) is 1. The average molecular weight is 398 g/mol. The summed E-state index contributed by atoms with van der Waals surface area (Å²) in [6.07, 6.45) is 13.3. The Kier molecular flexibility index (Phi) is 5.46. The summed E-state index contributed by atoms with van der Waals surface area (Å²) in [5.41, 5.74) is 1.91. The molecule has 0 N–H and O–H groups in total. The van der Waals surface area contributed by atoms with Crippen LogP contribution in [0.25, 0.3) is 0 Å². The van der Waals surface area contributed by atoms with Crippen LogP contribution in [0.1, 0.15) is 51.4 Å². The fourth-order valence-electron chi connectivity index (χ4n) is 5.98. The van der Waals surface area contributed by atoms with Gasteiger partial charge in [-0.05, 0) is 89.7 Å². The van der Waals surface area contributed by atoms with Gasteiger partial charge in [0.25, 0.3) is 0 Å². The van der Waals surface area contributed by atoms with E-state index in [4.69, 9.17) is 4.98 Å². The van der Waals surface area contributed by atoms with E-state index in [1.165, 1.54) is 89.1 Å². The highest BCUT2D eigenvalue weighted by Crippen LogP contribution is 2.43. The summed E-state index contributed by atoms with van der Waals surface area (Å²) in [6, 6.07) is 6.15. The number of pyridine rings is 1. The molecule has 3 aliphatic heterocycles. The van der Waals surface area contributed by atoms with Gasteiger partial charge in [0.2, 0.25) is 0 Å². The zero-order valence-corrected chi connectivity index (χ0v) is 18.5. The Hall–Kier alpha value is -1.33. The van der Waals surface area contributed by atoms with Gasteiger partial charge in [-0.1, -0.05) is 6.42 Å². The van der Waals surface area contributed by atoms with Crippen LogP contribution in [0.2, 0.25) is 0 Å². The highest BCUT2D eigenvalue weighted by molar-refractivity contribution is 5.51. The summed E-state index contributed by atoms with van der Waals surface area (Å²) < 4.78 is 0. The van der Waals surface area contributed by atoms with E-state index in [0.717, 1.165) is 19.1 Å². The number of aromatic nitrogens is 1. The van der Waals surface area contributed by atoms with Gasteiger partial charge in [0, 0.05) is 38.3 Å². The molecule has 5 nitrogen and oxygen atoms in total. The average Bonchev–Trinajstić information content (AvgIpc) is 3.20. The maximum atomic E-state index is 4.87. The van der Waals surface area contributed by atoms with Crippen LogP contribution in [0, 0.1) is 5.41 Å². The van der Waals surface area contributed by atoms with Crippen LogP contribution in [0.4, 0.5) is 11.5 Å². The van der Waals surface area contributed by atoms with Crippen LogP contribution in [0.3, 0.4) is 0 Å². The Bertz CT molecular complexity index is 665. The zero-order valence-electron chi connectivity index (χ0n) is 18.5. The molecule has 29 heavy (non-hydrogen) atoms. The van der Waals surface area contributed by atoms with Crippen molar-refractivity contribution in [2.24, 2.45) is 5.41 Å². The first-order valence-electron chi connectivity index (χ1n) is 12.0. The van der Waals surface area contributed by atoms with Gasteiger partial charge in [-0.25, -0.2) is 4.98 Å². The molecule has 160 valence electrons. The number of hydrogen-bond donors (Lipinski definition) is 0. The summed E-state index contributed by atoms with van der Waals surface area (Å²) in [7, 11) is 4.38. The predicted molar refractivity (Wildman–Crippen MR) is 121 cm³/mol. The van der Waals surface area contributed by atoms with Gasteiger partial charge in [-0.15, -0.1) is 0 Å². The van der Waals surface area contributed by atoms with Crippen molar-refractivity contribution in [3.8, 4) is 0 Å². The Morgan fingerprint density at radius 1 is 0.897 bits per heavy atom. The second-order valence-corrected chi connectivity index (χ2v) is 10.3. The van der Waals surface area contributed by atoms with E-state index in [2.05, 4.69) is 52.0 Å². The molecule has 5 rings (SSSR count). The number of anilines is 2. The third kappa shape index (κ3) is 4.00. The molecule has 0 radical (unpaired) electrons. The minimum Gasteiger partial charge on any atom is -0.369 e. The molecule has 3 saturated heterocycles. The zero-order chi connectivity index (χ0) is 19.8. The molecule has 5 heteroatoms. The van der Waals surface area contributed by atoms with Crippen molar-refractivity contribution >= 4 is 11.5 Å². The summed E-state index contributed by atoms with van der Waals surface area (Å²) in [4.78, 5) is 15.0. The van der Waals surface area contributed by atoms with Gasteiger partial charge in [-0.3, -0.25) is 0 Å². The lowest BCUT2D eigenvalue weighted by Gasteiger charge is -2.50. The topological polar surface area (TPSA) is 25.9 Å². The Balaban J connectivity index is 1.13. The first-order valence-corrected chi connectivity index (χ1v) is 12.0. The van der Waals surface area contributed by atoms with Crippen LogP contribution >= 0.6 is 0 Å². The normalized spacial score (nSPS) is 28.3. The first kappa shape index (κ1) is 19.6. The van der Waals surface area contributed by atoms with Gasteiger partial charge in [-0.2, -0.15) is 0 Å². The standard InChI is InChI=1S/C24H39N5/c1-26(2)22-8-13-29(19-22)21-6-7-23(25-18-21)28-16-11-24(12-17-28)9-14-27(15-10-24)20-4-3-5-20/h6-7,18,20,22H,3-5,8-17,19H2,1-2H3. The van der Waals surface area contributed by atoms with Crippen molar-refractivity contribution in [2.45, 2.75) is 63.5 Å². The molecule has 0 amide bonds. The van der Waals surface area contributed by atoms with Crippen LogP contribution in [0.15, 0.2) is 18.3 Å². The van der Waals surface area contributed by atoms with Gasteiger partial charge in [0.05, 0.1) is 11.9 Å². The van der Waals surface area contributed by atoms with E-state index in [9.17, 15) is 0 Å². The Morgan fingerprint density at radius 3 is 2.17 bits per heavy atom. The smallest absolute Gasteiger partial charge is 0.128 e. The van der Waals surface area contributed by atoms with E-state index >= 15 is 0 Å². The van der Waals surface area contributed by atoms with Crippen molar-refractivity contribution in [1.82, 2.24) is 14.8 Å². The largest absolute Gasteiger partial charge is 0.369 e. The van der Waals surface area contributed by atoms with Gasteiger partial charge >= 0.3 is 0 Å². The summed E-state index contributed by atoms with van der Waals surface area (Å²) >= 11 is 0. The first-order chi connectivity index (χ1) is 14.1. The fraction of sp³-hybridized carbons (Fsp3) is 0.792. The van der Waals surface area contributed by atoms with E-state index in [1.54, 1.807) is 0 Å². The molecule has 1 unspecified atom stereocenters. The molecule has 1 atom stereocenters. The minimum atomic E-state index is 0.618. The van der Waals surface area contributed by atoms with Crippen molar-refractivity contribution in [3.63, 3.8) is 0 Å². The highest BCUT2D eigenvalue weighted by atomic mass is 15.2. The SMILES string of the molecule is CN(C)C1CCN(c2ccc(N3CCC4(CC3)CCN(C3CCC3)CC4)nc2)C1. The number of piperidine rings is 2. The summed E-state index contributed by atoms with van der Waals surface area (Å²) in [5, 5.41) is 0. The molecule has 0 aromatic carbocycles. The lowest BCUT2D eigenvalue weighted by atomic mass is 9.70. The second kappa shape index (κ2) is 8.07. The maximum Gasteiger partial charge on any atom is 0.128 e. The number of likely N-dealkylation sites (N-methyl/N-ethyl adjacent to an activating group) is 1. The third-order valence-corrected chi connectivity index (χ3v) is 8.59. The van der Waals surface area contributed by atoms with E-state index in [-0.39, 0.29) is 0 Å². The van der Waals surface area contributed by atoms with E-state index < -0.39 is 0 Å². The minimum absolute atomic E-state index is 0.618. The van der Waals surface area contributed by atoms with E-state index in [0.29, 0.717) is 11.5 Å². The molecule has 1 aromatic rings. The van der Waals surface area contributed by atoms with Crippen molar-refractivity contribution < 1.29 is 0 Å². The fourth-order valence-corrected chi connectivity index (χ4v) is 5.98. The number of rotatable bonds is 4. The lowest BCUT2D eigenvalue weighted by molar-refractivity contribution is 0.0305. The van der Waals surface area contributed by atoms with Crippen molar-refractivity contribution in [3.05, 3.63) is 18.3 Å². The molecular formula is C24H39N5. The molecule has 4 heterocycles. The van der Waals surface area contributed by atoms with Gasteiger partial charge in [0.1, 0.15) is 5.82 Å². The second-order valence-electron chi connectivity index (χ2n) is 10.3. The molecule has 1 aliphatic carbocycles. The third-order valence-electron chi connectivity index (χ3n) is 8.59. The number of hydrogen-bond acceptors (Lipinski definition) is 5. The lowest BCUT2D eigenvalue weighted by Crippen LogP contribution is -2.51. The van der Waals surface area contributed by atoms with Gasteiger partial charge < -0.3 is 19.6 Å². The molecule has 4 aliphatic rings. The van der Waals surface area contributed by atoms with Gasteiger partial charge in [0.15, 0.2) is 0 Å². The highest BCUT2D eigenvalue weighted by Gasteiger charge is 2.39. The Morgan fingerprint density at radius 2 is 1.62 bits per heavy atom. The van der Waals surface area contributed by atoms with Crippen LogP contribution < -0.4 is 9.80 Å². The quantitative estimate of drug-likeness (QED) is 0.775. The monoisotopic (exact) mass is 397 g/mol. The maximum absolute atomic E-state index is 4.87. The number of nitrogens with zero attached hydrogens (tertiary/aromatic N) is 5. The summed E-state index contributed by atoms with van der Waals surface area (Å²) in [5.74, 6) is 1.18. The molecule has 1 saturated carbocycles. The van der Waals surface area contributed by atoms with Crippen molar-refractivity contribution in [2.75, 3.05) is 63.2 Å². The summed E-state index contributed by atoms with van der Waals surface area (Å²) in [6.45, 7) is 7.33. The van der Waals surface area contributed by atoms with Crippen molar-refractivity contribution in [1.29, 1.82) is 0 Å². The molecule has 4 fully saturated rings. The molecule has 1 spiro atoms. The molecule has 0 bridgehead atoms. The Labute approximate surface area is 177 Å². The molecular weight excluding hydrogens is 358 g/mol. The van der Waals surface area contributed by atoms with Crippen LogP contribution in [0.5, 0.6) is 0 Å².